The van der Waals surface area contributed by atoms with Crippen molar-refractivity contribution in [3.05, 3.63) is 35.9 Å². The molecule has 2 rings (SSSR count). The average Bonchev–Trinajstić information content (AvgIpc) is 2.61. The van der Waals surface area contributed by atoms with E-state index in [1.807, 2.05) is 18.2 Å². The van der Waals surface area contributed by atoms with Crippen LogP contribution in [0.5, 0.6) is 0 Å². The van der Waals surface area contributed by atoms with Gasteiger partial charge in [-0.25, -0.2) is 0 Å². The van der Waals surface area contributed by atoms with Crippen molar-refractivity contribution in [2.45, 2.75) is 24.8 Å². The Morgan fingerprint density at radius 2 is 1.93 bits per heavy atom. The number of rotatable bonds is 2. The standard InChI is InChI=1S/C12H17NO/c13-11-6-10(8-14)12(7-11)9-4-2-1-3-5-9/h1-5,10-12,14H,6-8,13H2/t10-,11?,12-/m1/s1. The van der Waals surface area contributed by atoms with Crippen molar-refractivity contribution >= 4 is 0 Å². The van der Waals surface area contributed by atoms with Gasteiger partial charge in [-0.2, -0.15) is 0 Å². The molecule has 0 heterocycles. The Bertz CT molecular complexity index is 286. The van der Waals surface area contributed by atoms with Crippen molar-refractivity contribution in [1.82, 2.24) is 0 Å². The molecule has 2 nitrogen and oxygen atoms in total. The number of benzene rings is 1. The lowest BCUT2D eigenvalue weighted by Gasteiger charge is -2.16. The topological polar surface area (TPSA) is 46.2 Å². The van der Waals surface area contributed by atoms with Gasteiger partial charge in [-0.05, 0) is 30.2 Å². The molecule has 1 aromatic carbocycles. The smallest absolute Gasteiger partial charge is 0.0465 e. The summed E-state index contributed by atoms with van der Waals surface area (Å²) in [7, 11) is 0. The molecule has 2 heteroatoms. The monoisotopic (exact) mass is 191 g/mol. The average molecular weight is 191 g/mol. The van der Waals surface area contributed by atoms with Crippen LogP contribution in [0, 0.1) is 5.92 Å². The van der Waals surface area contributed by atoms with Crippen molar-refractivity contribution in [2.75, 3.05) is 6.61 Å². The van der Waals surface area contributed by atoms with Gasteiger partial charge in [0.15, 0.2) is 0 Å². The molecule has 1 aliphatic rings. The lowest BCUT2D eigenvalue weighted by Crippen LogP contribution is -2.15. The first-order chi connectivity index (χ1) is 6.81. The third-order valence-electron chi connectivity index (χ3n) is 3.19. The molecule has 3 atom stereocenters. The molecule has 0 aromatic heterocycles. The fourth-order valence-electron chi connectivity index (χ4n) is 2.48. The molecule has 0 saturated heterocycles. The molecule has 0 radical (unpaired) electrons. The molecular formula is C12H17NO. The highest BCUT2D eigenvalue weighted by Crippen LogP contribution is 2.38. The summed E-state index contributed by atoms with van der Waals surface area (Å²) in [4.78, 5) is 0. The van der Waals surface area contributed by atoms with Gasteiger partial charge in [0.2, 0.25) is 0 Å². The van der Waals surface area contributed by atoms with Gasteiger partial charge in [-0.1, -0.05) is 30.3 Å². The van der Waals surface area contributed by atoms with Crippen LogP contribution in [-0.2, 0) is 0 Å². The van der Waals surface area contributed by atoms with Gasteiger partial charge in [0.1, 0.15) is 0 Å². The largest absolute Gasteiger partial charge is 0.396 e. The zero-order valence-corrected chi connectivity index (χ0v) is 8.26. The molecule has 1 saturated carbocycles. The van der Waals surface area contributed by atoms with Crippen molar-refractivity contribution in [2.24, 2.45) is 11.7 Å². The van der Waals surface area contributed by atoms with Gasteiger partial charge in [-0.15, -0.1) is 0 Å². The zero-order valence-electron chi connectivity index (χ0n) is 8.26. The normalized spacial score (nSPS) is 32.0. The summed E-state index contributed by atoms with van der Waals surface area (Å²) in [6, 6.07) is 10.6. The molecule has 0 amide bonds. The van der Waals surface area contributed by atoms with Crippen LogP contribution in [0.1, 0.15) is 24.3 Å². The fraction of sp³-hybridized carbons (Fsp3) is 0.500. The van der Waals surface area contributed by atoms with Gasteiger partial charge in [0, 0.05) is 12.6 Å². The molecule has 14 heavy (non-hydrogen) atoms. The highest BCUT2D eigenvalue weighted by atomic mass is 16.3. The van der Waals surface area contributed by atoms with E-state index in [2.05, 4.69) is 12.1 Å². The first kappa shape index (κ1) is 9.69. The Hall–Kier alpha value is -0.860. The molecule has 1 fully saturated rings. The van der Waals surface area contributed by atoms with Gasteiger partial charge in [-0.3, -0.25) is 0 Å². The van der Waals surface area contributed by atoms with Crippen LogP contribution < -0.4 is 5.73 Å². The summed E-state index contributed by atoms with van der Waals surface area (Å²) in [5.41, 5.74) is 7.24. The number of nitrogens with two attached hydrogens (primary N) is 1. The molecule has 1 aromatic rings. The Balaban J connectivity index is 2.18. The fourth-order valence-corrected chi connectivity index (χ4v) is 2.48. The number of aliphatic hydroxyl groups is 1. The van der Waals surface area contributed by atoms with Crippen molar-refractivity contribution in [1.29, 1.82) is 0 Å². The summed E-state index contributed by atoms with van der Waals surface area (Å²) in [6.45, 7) is 0.257. The summed E-state index contributed by atoms with van der Waals surface area (Å²) < 4.78 is 0. The number of aliphatic hydroxyl groups excluding tert-OH is 1. The molecule has 0 spiro atoms. The minimum Gasteiger partial charge on any atom is -0.396 e. The molecule has 1 aliphatic carbocycles. The van der Waals surface area contributed by atoms with Gasteiger partial charge in [0.25, 0.3) is 0 Å². The van der Waals surface area contributed by atoms with E-state index in [1.165, 1.54) is 5.56 Å². The predicted molar refractivity (Wildman–Crippen MR) is 57.0 cm³/mol. The SMILES string of the molecule is NC1C[C@H](CO)[C@@H](c2ccccc2)C1. The first-order valence-electron chi connectivity index (χ1n) is 5.22. The van der Waals surface area contributed by atoms with E-state index in [0.717, 1.165) is 12.8 Å². The second kappa shape index (κ2) is 4.11. The molecule has 1 unspecified atom stereocenters. The van der Waals surface area contributed by atoms with Crippen LogP contribution in [-0.4, -0.2) is 17.8 Å². The van der Waals surface area contributed by atoms with Crippen LogP contribution in [0.2, 0.25) is 0 Å². The van der Waals surface area contributed by atoms with Crippen molar-refractivity contribution in [3.8, 4) is 0 Å². The predicted octanol–water partition coefficient (Wildman–Crippen LogP) is 1.50. The first-order valence-corrected chi connectivity index (χ1v) is 5.22. The summed E-state index contributed by atoms with van der Waals surface area (Å²) in [5, 5.41) is 9.26. The zero-order chi connectivity index (χ0) is 9.97. The van der Waals surface area contributed by atoms with E-state index in [-0.39, 0.29) is 12.6 Å². The summed E-state index contributed by atoms with van der Waals surface area (Å²) in [5.74, 6) is 0.809. The van der Waals surface area contributed by atoms with Gasteiger partial charge < -0.3 is 10.8 Å². The Morgan fingerprint density at radius 1 is 1.21 bits per heavy atom. The van der Waals surface area contributed by atoms with Gasteiger partial charge >= 0.3 is 0 Å². The molecule has 0 bridgehead atoms. The maximum Gasteiger partial charge on any atom is 0.0465 e. The second-order valence-corrected chi connectivity index (χ2v) is 4.19. The van der Waals surface area contributed by atoms with Crippen molar-refractivity contribution < 1.29 is 5.11 Å². The summed E-state index contributed by atoms with van der Waals surface area (Å²) in [6.07, 6.45) is 1.96. The quantitative estimate of drug-likeness (QED) is 0.744. The Labute approximate surface area is 84.7 Å². The van der Waals surface area contributed by atoms with E-state index in [9.17, 15) is 5.11 Å². The van der Waals surface area contributed by atoms with E-state index < -0.39 is 0 Å². The maximum absolute atomic E-state index is 9.26. The summed E-state index contributed by atoms with van der Waals surface area (Å²) >= 11 is 0. The Morgan fingerprint density at radius 3 is 2.57 bits per heavy atom. The molecular weight excluding hydrogens is 174 g/mol. The minimum atomic E-state index is 0.257. The maximum atomic E-state index is 9.26. The van der Waals surface area contributed by atoms with E-state index >= 15 is 0 Å². The van der Waals surface area contributed by atoms with Crippen LogP contribution in [0.4, 0.5) is 0 Å². The highest BCUT2D eigenvalue weighted by Gasteiger charge is 2.32. The molecule has 76 valence electrons. The lowest BCUT2D eigenvalue weighted by atomic mass is 9.89. The van der Waals surface area contributed by atoms with E-state index in [4.69, 9.17) is 5.73 Å². The van der Waals surface area contributed by atoms with Crippen LogP contribution >= 0.6 is 0 Å². The minimum absolute atomic E-state index is 0.257. The van der Waals surface area contributed by atoms with Crippen LogP contribution in [0.25, 0.3) is 0 Å². The third-order valence-corrected chi connectivity index (χ3v) is 3.19. The van der Waals surface area contributed by atoms with Crippen LogP contribution in [0.3, 0.4) is 0 Å². The molecule has 3 N–H and O–H groups in total. The second-order valence-electron chi connectivity index (χ2n) is 4.19. The number of hydrogen-bond acceptors (Lipinski definition) is 2. The van der Waals surface area contributed by atoms with E-state index in [1.54, 1.807) is 0 Å². The van der Waals surface area contributed by atoms with Crippen LogP contribution in [0.15, 0.2) is 30.3 Å². The Kier molecular flexibility index (Phi) is 2.85. The van der Waals surface area contributed by atoms with E-state index in [0.29, 0.717) is 11.8 Å². The number of hydrogen-bond donors (Lipinski definition) is 2. The lowest BCUT2D eigenvalue weighted by molar-refractivity contribution is 0.216. The van der Waals surface area contributed by atoms with Crippen molar-refractivity contribution in [3.63, 3.8) is 0 Å². The highest BCUT2D eigenvalue weighted by molar-refractivity contribution is 5.22. The third kappa shape index (κ3) is 1.81. The molecule has 0 aliphatic heterocycles. The van der Waals surface area contributed by atoms with Gasteiger partial charge in [0.05, 0.1) is 0 Å².